The molecular formula is C17H22N4O3. The highest BCUT2D eigenvalue weighted by molar-refractivity contribution is 5.93. The summed E-state index contributed by atoms with van der Waals surface area (Å²) >= 11 is 0. The standard InChI is InChI=1S/C17H22N4O3/c1-3-19-7-9-20(10-8-19)17-18-14-11-12(16(23)24)5-6-13(14)15(22)21(17)4-2/h5-6,11H,3-4,7-10H2,1-2H3,(H,23,24). The van der Waals surface area contributed by atoms with E-state index >= 15 is 0 Å². The fourth-order valence-electron chi connectivity index (χ4n) is 3.13. The molecule has 24 heavy (non-hydrogen) atoms. The van der Waals surface area contributed by atoms with E-state index in [0.717, 1.165) is 32.7 Å². The molecule has 0 radical (unpaired) electrons. The molecule has 1 saturated heterocycles. The number of carbonyl (C=O) groups is 1. The maximum Gasteiger partial charge on any atom is 0.335 e. The molecule has 1 aliphatic heterocycles. The molecule has 1 aromatic carbocycles. The van der Waals surface area contributed by atoms with Crippen LogP contribution in [0.2, 0.25) is 0 Å². The predicted molar refractivity (Wildman–Crippen MR) is 93.0 cm³/mol. The zero-order valence-electron chi connectivity index (χ0n) is 14.0. The number of aromatic carboxylic acids is 1. The second-order valence-electron chi connectivity index (χ2n) is 5.92. The van der Waals surface area contributed by atoms with Crippen LogP contribution in [0.25, 0.3) is 10.9 Å². The third-order valence-corrected chi connectivity index (χ3v) is 4.60. The molecule has 1 aromatic heterocycles. The number of carboxylic acid groups (broad SMARTS) is 1. The van der Waals surface area contributed by atoms with Gasteiger partial charge in [0, 0.05) is 32.7 Å². The van der Waals surface area contributed by atoms with Crippen LogP contribution in [0.5, 0.6) is 0 Å². The summed E-state index contributed by atoms with van der Waals surface area (Å²) < 4.78 is 1.67. The molecule has 1 aliphatic rings. The van der Waals surface area contributed by atoms with Gasteiger partial charge in [-0.15, -0.1) is 0 Å². The first-order valence-electron chi connectivity index (χ1n) is 8.30. The van der Waals surface area contributed by atoms with Crippen molar-refractivity contribution in [3.8, 4) is 0 Å². The Balaban J connectivity index is 2.09. The molecule has 0 spiro atoms. The van der Waals surface area contributed by atoms with Gasteiger partial charge in [0.25, 0.3) is 5.56 Å². The Morgan fingerprint density at radius 1 is 1.17 bits per heavy atom. The Labute approximate surface area is 140 Å². The maximum atomic E-state index is 12.8. The largest absolute Gasteiger partial charge is 0.478 e. The van der Waals surface area contributed by atoms with Crippen LogP contribution in [-0.2, 0) is 6.54 Å². The summed E-state index contributed by atoms with van der Waals surface area (Å²) in [5.74, 6) is -0.384. The number of aromatic nitrogens is 2. The van der Waals surface area contributed by atoms with Crippen molar-refractivity contribution in [3.63, 3.8) is 0 Å². The smallest absolute Gasteiger partial charge is 0.335 e. The molecule has 7 nitrogen and oxygen atoms in total. The van der Waals surface area contributed by atoms with Crippen molar-refractivity contribution in [3.05, 3.63) is 34.1 Å². The van der Waals surface area contributed by atoms with Crippen molar-refractivity contribution in [2.45, 2.75) is 20.4 Å². The van der Waals surface area contributed by atoms with Gasteiger partial charge in [-0.2, -0.15) is 0 Å². The van der Waals surface area contributed by atoms with Gasteiger partial charge in [0.15, 0.2) is 0 Å². The van der Waals surface area contributed by atoms with Crippen LogP contribution in [0.15, 0.2) is 23.0 Å². The number of nitrogens with zero attached hydrogens (tertiary/aromatic N) is 4. The van der Waals surface area contributed by atoms with Gasteiger partial charge in [0.1, 0.15) is 0 Å². The number of fused-ring (bicyclic) bond motifs is 1. The lowest BCUT2D eigenvalue weighted by atomic mass is 10.1. The van der Waals surface area contributed by atoms with Crippen molar-refractivity contribution in [1.82, 2.24) is 14.5 Å². The maximum absolute atomic E-state index is 12.8. The number of benzene rings is 1. The number of piperazine rings is 1. The Hall–Kier alpha value is -2.41. The molecule has 0 amide bonds. The Morgan fingerprint density at radius 3 is 2.46 bits per heavy atom. The van der Waals surface area contributed by atoms with E-state index in [1.165, 1.54) is 12.1 Å². The van der Waals surface area contributed by atoms with E-state index in [1.807, 2.05) is 6.92 Å². The van der Waals surface area contributed by atoms with Crippen LogP contribution in [0, 0.1) is 0 Å². The molecule has 0 unspecified atom stereocenters. The van der Waals surface area contributed by atoms with Crippen molar-refractivity contribution >= 4 is 22.8 Å². The van der Waals surface area contributed by atoms with E-state index in [-0.39, 0.29) is 11.1 Å². The monoisotopic (exact) mass is 330 g/mol. The lowest BCUT2D eigenvalue weighted by Gasteiger charge is -2.35. The summed E-state index contributed by atoms with van der Waals surface area (Å²) in [5.41, 5.74) is 0.468. The molecule has 2 heterocycles. The van der Waals surface area contributed by atoms with Gasteiger partial charge >= 0.3 is 5.97 Å². The molecule has 2 aromatic rings. The average molecular weight is 330 g/mol. The normalized spacial score (nSPS) is 15.8. The molecule has 0 atom stereocenters. The fourth-order valence-corrected chi connectivity index (χ4v) is 3.13. The van der Waals surface area contributed by atoms with Gasteiger partial charge in [0.2, 0.25) is 5.95 Å². The first-order chi connectivity index (χ1) is 11.5. The number of hydrogen-bond donors (Lipinski definition) is 1. The van der Waals surface area contributed by atoms with Crippen molar-refractivity contribution in [2.24, 2.45) is 0 Å². The zero-order chi connectivity index (χ0) is 17.3. The minimum atomic E-state index is -1.02. The van der Waals surface area contributed by atoms with Crippen LogP contribution in [0.4, 0.5) is 5.95 Å². The summed E-state index contributed by atoms with van der Waals surface area (Å²) in [6.45, 7) is 9.10. The van der Waals surface area contributed by atoms with Gasteiger partial charge in [-0.1, -0.05) is 6.92 Å². The fraction of sp³-hybridized carbons (Fsp3) is 0.471. The minimum absolute atomic E-state index is 0.118. The van der Waals surface area contributed by atoms with E-state index in [2.05, 4.69) is 21.7 Å². The number of carboxylic acids is 1. The highest BCUT2D eigenvalue weighted by Gasteiger charge is 2.21. The Morgan fingerprint density at radius 2 is 1.88 bits per heavy atom. The van der Waals surface area contributed by atoms with E-state index < -0.39 is 5.97 Å². The summed E-state index contributed by atoms with van der Waals surface area (Å²) in [6.07, 6.45) is 0. The van der Waals surface area contributed by atoms with Crippen molar-refractivity contribution in [2.75, 3.05) is 37.6 Å². The topological polar surface area (TPSA) is 78.7 Å². The molecule has 0 saturated carbocycles. The van der Waals surface area contributed by atoms with Gasteiger partial charge in [-0.05, 0) is 31.7 Å². The highest BCUT2D eigenvalue weighted by Crippen LogP contribution is 2.18. The van der Waals surface area contributed by atoms with Gasteiger partial charge < -0.3 is 14.9 Å². The summed E-state index contributed by atoms with van der Waals surface area (Å²) in [6, 6.07) is 4.48. The first kappa shape index (κ1) is 16.4. The average Bonchev–Trinajstić information content (AvgIpc) is 2.61. The number of rotatable bonds is 4. The van der Waals surface area contributed by atoms with E-state index in [4.69, 9.17) is 5.11 Å². The molecule has 3 rings (SSSR count). The second-order valence-corrected chi connectivity index (χ2v) is 5.92. The molecule has 0 aliphatic carbocycles. The number of likely N-dealkylation sites (N-methyl/N-ethyl adjacent to an activating group) is 1. The van der Waals surface area contributed by atoms with Gasteiger partial charge in [-0.25, -0.2) is 9.78 Å². The molecule has 128 valence electrons. The number of hydrogen-bond acceptors (Lipinski definition) is 5. The SMILES string of the molecule is CCN1CCN(c2nc3cc(C(=O)O)ccc3c(=O)n2CC)CC1. The molecular weight excluding hydrogens is 308 g/mol. The van der Waals surface area contributed by atoms with Crippen molar-refractivity contribution in [1.29, 1.82) is 0 Å². The third kappa shape index (κ3) is 2.87. The van der Waals surface area contributed by atoms with Crippen LogP contribution in [0.3, 0.4) is 0 Å². The van der Waals surface area contributed by atoms with Gasteiger partial charge in [0.05, 0.1) is 16.5 Å². The zero-order valence-corrected chi connectivity index (χ0v) is 14.0. The van der Waals surface area contributed by atoms with Crippen LogP contribution < -0.4 is 10.5 Å². The molecule has 7 heteroatoms. The Kier molecular flexibility index (Phi) is 4.53. The molecule has 1 fully saturated rings. The van der Waals surface area contributed by atoms with Crippen LogP contribution in [0.1, 0.15) is 24.2 Å². The summed E-state index contributed by atoms with van der Waals surface area (Å²) in [4.78, 5) is 33.0. The molecule has 0 bridgehead atoms. The third-order valence-electron chi connectivity index (χ3n) is 4.60. The lowest BCUT2D eigenvalue weighted by Crippen LogP contribution is -2.48. The second kappa shape index (κ2) is 6.60. The van der Waals surface area contributed by atoms with Crippen LogP contribution in [-0.4, -0.2) is 58.3 Å². The van der Waals surface area contributed by atoms with E-state index in [0.29, 0.717) is 23.4 Å². The predicted octanol–water partition coefficient (Wildman–Crippen LogP) is 1.26. The minimum Gasteiger partial charge on any atom is -0.478 e. The van der Waals surface area contributed by atoms with E-state index in [9.17, 15) is 9.59 Å². The van der Waals surface area contributed by atoms with Crippen molar-refractivity contribution < 1.29 is 9.90 Å². The first-order valence-corrected chi connectivity index (χ1v) is 8.30. The number of anilines is 1. The summed E-state index contributed by atoms with van der Waals surface area (Å²) in [5, 5.41) is 9.62. The Bertz CT molecular complexity index is 822. The van der Waals surface area contributed by atoms with E-state index in [1.54, 1.807) is 10.6 Å². The van der Waals surface area contributed by atoms with Crippen LogP contribution >= 0.6 is 0 Å². The quantitative estimate of drug-likeness (QED) is 0.909. The molecule has 1 N–H and O–H groups in total. The summed E-state index contributed by atoms with van der Waals surface area (Å²) in [7, 11) is 0. The highest BCUT2D eigenvalue weighted by atomic mass is 16.4. The lowest BCUT2D eigenvalue weighted by molar-refractivity contribution is 0.0697. The van der Waals surface area contributed by atoms with Gasteiger partial charge in [-0.3, -0.25) is 9.36 Å².